The zero-order chi connectivity index (χ0) is 15.7. The lowest BCUT2D eigenvalue weighted by molar-refractivity contribution is -0.908. The van der Waals surface area contributed by atoms with Crippen LogP contribution < -0.4 is 4.90 Å². The monoisotopic (exact) mass is 354 g/mol. The first kappa shape index (κ1) is 15.6. The van der Waals surface area contributed by atoms with Crippen molar-refractivity contribution in [2.45, 2.75) is 13.1 Å². The number of aromatic nitrogens is 2. The second kappa shape index (κ2) is 6.47. The van der Waals surface area contributed by atoms with E-state index in [1.165, 1.54) is 4.90 Å². The van der Waals surface area contributed by atoms with Crippen molar-refractivity contribution >= 4 is 40.4 Å². The summed E-state index contributed by atoms with van der Waals surface area (Å²) in [4.78, 5) is 5.92. The molecule has 3 nitrogen and oxygen atoms in total. The Bertz CT molecular complexity index is 814. The summed E-state index contributed by atoms with van der Waals surface area (Å²) in [5.41, 5.74) is 3.08. The summed E-state index contributed by atoms with van der Waals surface area (Å²) >= 11 is 18.0. The molecule has 0 bridgehead atoms. The molecule has 3 rings (SSSR count). The number of pyridine rings is 1. The number of halogens is 3. The van der Waals surface area contributed by atoms with Crippen molar-refractivity contribution in [2.75, 3.05) is 7.05 Å². The molecule has 2 heterocycles. The highest BCUT2D eigenvalue weighted by molar-refractivity contribution is 6.42. The third kappa shape index (κ3) is 3.55. The lowest BCUT2D eigenvalue weighted by Crippen LogP contribution is -3.06. The molecule has 2 aromatic heterocycles. The van der Waals surface area contributed by atoms with E-state index in [-0.39, 0.29) is 0 Å². The van der Waals surface area contributed by atoms with Gasteiger partial charge in [-0.2, -0.15) is 0 Å². The van der Waals surface area contributed by atoms with Crippen molar-refractivity contribution in [3.05, 3.63) is 69.1 Å². The van der Waals surface area contributed by atoms with Crippen molar-refractivity contribution in [3.8, 4) is 0 Å². The van der Waals surface area contributed by atoms with E-state index in [1.54, 1.807) is 0 Å². The van der Waals surface area contributed by atoms with E-state index in [1.807, 2.05) is 47.1 Å². The average molecular weight is 356 g/mol. The first-order valence-electron chi connectivity index (χ1n) is 6.89. The fraction of sp³-hybridized carbons (Fsp3) is 0.188. The number of nitrogens with one attached hydrogen (secondary N) is 1. The quantitative estimate of drug-likeness (QED) is 0.760. The third-order valence-electron chi connectivity index (χ3n) is 3.44. The minimum absolute atomic E-state index is 0.584. The van der Waals surface area contributed by atoms with Gasteiger partial charge in [0.25, 0.3) is 0 Å². The van der Waals surface area contributed by atoms with Gasteiger partial charge in [0.2, 0.25) is 0 Å². The van der Waals surface area contributed by atoms with Gasteiger partial charge >= 0.3 is 0 Å². The Hall–Kier alpha value is -1.26. The maximum Gasteiger partial charge on any atom is 0.137 e. The van der Waals surface area contributed by atoms with Gasteiger partial charge < -0.3 is 9.30 Å². The fourth-order valence-electron chi connectivity index (χ4n) is 2.47. The minimum Gasteiger partial charge on any atom is -0.329 e. The molecule has 3 aromatic rings. The highest BCUT2D eigenvalue weighted by Gasteiger charge is 2.10. The molecular formula is C16H15Cl3N3+. The second-order valence-electron chi connectivity index (χ2n) is 5.40. The molecule has 0 amide bonds. The Kier molecular flexibility index (Phi) is 4.59. The van der Waals surface area contributed by atoms with Gasteiger partial charge in [0.1, 0.15) is 24.4 Å². The molecule has 0 spiro atoms. The Labute approximate surface area is 144 Å². The van der Waals surface area contributed by atoms with Crippen LogP contribution in [0.3, 0.4) is 0 Å². The molecule has 114 valence electrons. The maximum absolute atomic E-state index is 6.06. The van der Waals surface area contributed by atoms with Gasteiger partial charge in [0, 0.05) is 18.0 Å². The number of fused-ring (bicyclic) bond motifs is 1. The van der Waals surface area contributed by atoms with Crippen LogP contribution in [-0.2, 0) is 13.1 Å². The van der Waals surface area contributed by atoms with Gasteiger partial charge in [0.05, 0.1) is 22.1 Å². The molecule has 1 N–H and O–H groups in total. The molecule has 6 heteroatoms. The Morgan fingerprint density at radius 1 is 1.00 bits per heavy atom. The lowest BCUT2D eigenvalue weighted by Gasteiger charge is -2.13. The van der Waals surface area contributed by atoms with Crippen LogP contribution in [0.2, 0.25) is 15.1 Å². The van der Waals surface area contributed by atoms with E-state index in [4.69, 9.17) is 34.8 Å². The van der Waals surface area contributed by atoms with Crippen LogP contribution in [0, 0.1) is 0 Å². The van der Waals surface area contributed by atoms with Gasteiger partial charge in [-0.05, 0) is 24.3 Å². The molecular weight excluding hydrogens is 341 g/mol. The van der Waals surface area contributed by atoms with Crippen LogP contribution in [-0.4, -0.2) is 16.4 Å². The Morgan fingerprint density at radius 2 is 1.82 bits per heavy atom. The van der Waals surface area contributed by atoms with Crippen LogP contribution in [0.5, 0.6) is 0 Å². The highest BCUT2D eigenvalue weighted by atomic mass is 35.5. The van der Waals surface area contributed by atoms with Gasteiger partial charge in [-0.3, -0.25) is 0 Å². The molecule has 0 saturated heterocycles. The fourth-order valence-corrected chi connectivity index (χ4v) is 2.96. The summed E-state index contributed by atoms with van der Waals surface area (Å²) in [6.45, 7) is 1.67. The third-order valence-corrected chi connectivity index (χ3v) is 4.40. The number of nitrogens with zero attached hydrogens (tertiary/aromatic N) is 2. The molecule has 0 saturated carbocycles. The number of hydrogen-bond donors (Lipinski definition) is 1. The molecule has 1 atom stereocenters. The van der Waals surface area contributed by atoms with Crippen molar-refractivity contribution in [3.63, 3.8) is 0 Å². The molecule has 0 radical (unpaired) electrons. The van der Waals surface area contributed by atoms with Gasteiger partial charge in [-0.15, -0.1) is 0 Å². The summed E-state index contributed by atoms with van der Waals surface area (Å²) in [6.07, 6.45) is 3.88. The van der Waals surface area contributed by atoms with Crippen molar-refractivity contribution < 1.29 is 4.90 Å². The van der Waals surface area contributed by atoms with E-state index in [0.717, 1.165) is 30.0 Å². The van der Waals surface area contributed by atoms with Gasteiger partial charge in [-0.1, -0.05) is 40.9 Å². The topological polar surface area (TPSA) is 21.7 Å². The number of hydrogen-bond acceptors (Lipinski definition) is 1. The molecule has 1 aromatic carbocycles. The average Bonchev–Trinajstić information content (AvgIpc) is 2.84. The van der Waals surface area contributed by atoms with Gasteiger partial charge in [-0.25, -0.2) is 4.98 Å². The molecule has 1 unspecified atom stereocenters. The minimum atomic E-state index is 0.584. The summed E-state index contributed by atoms with van der Waals surface area (Å²) < 4.78 is 1.95. The predicted octanol–water partition coefficient (Wildman–Crippen LogP) is 3.51. The zero-order valence-electron chi connectivity index (χ0n) is 12.0. The summed E-state index contributed by atoms with van der Waals surface area (Å²) in [5, 5.41) is 1.88. The molecule has 0 fully saturated rings. The van der Waals surface area contributed by atoms with Crippen LogP contribution in [0.4, 0.5) is 0 Å². The molecule has 0 aliphatic rings. The van der Waals surface area contributed by atoms with E-state index in [2.05, 4.69) is 12.0 Å². The van der Waals surface area contributed by atoms with Crippen LogP contribution in [0.25, 0.3) is 5.65 Å². The molecule has 0 aliphatic carbocycles. The largest absolute Gasteiger partial charge is 0.329 e. The van der Waals surface area contributed by atoms with Crippen LogP contribution in [0.15, 0.2) is 42.7 Å². The van der Waals surface area contributed by atoms with Crippen LogP contribution >= 0.6 is 34.8 Å². The number of imidazole rings is 1. The summed E-state index contributed by atoms with van der Waals surface area (Å²) in [6, 6.07) is 9.51. The SMILES string of the molecule is C[NH+](Cc1ccc(Cl)c(Cl)c1)Cc1cn2cc(Cl)ccc2n1. The highest BCUT2D eigenvalue weighted by Crippen LogP contribution is 2.22. The van der Waals surface area contributed by atoms with Crippen molar-refractivity contribution in [2.24, 2.45) is 0 Å². The van der Waals surface area contributed by atoms with E-state index in [9.17, 15) is 0 Å². The Balaban J connectivity index is 1.72. The standard InChI is InChI=1S/C16H14Cl3N3/c1-21(7-11-2-4-14(18)15(19)6-11)9-13-10-22-8-12(17)3-5-16(22)20-13/h2-6,8,10H,7,9H2,1H3/p+1. The maximum atomic E-state index is 6.06. The Morgan fingerprint density at radius 3 is 2.59 bits per heavy atom. The number of benzene rings is 1. The number of quaternary nitrogens is 1. The molecule has 0 aliphatic heterocycles. The molecule has 22 heavy (non-hydrogen) atoms. The first-order chi connectivity index (χ1) is 10.5. The van der Waals surface area contributed by atoms with Crippen molar-refractivity contribution in [1.29, 1.82) is 0 Å². The van der Waals surface area contributed by atoms with E-state index >= 15 is 0 Å². The van der Waals surface area contributed by atoms with Gasteiger partial charge in [0.15, 0.2) is 0 Å². The predicted molar refractivity (Wildman–Crippen MR) is 91.0 cm³/mol. The van der Waals surface area contributed by atoms with Crippen molar-refractivity contribution in [1.82, 2.24) is 9.38 Å². The first-order valence-corrected chi connectivity index (χ1v) is 8.03. The zero-order valence-corrected chi connectivity index (χ0v) is 14.3. The smallest absolute Gasteiger partial charge is 0.137 e. The summed E-state index contributed by atoms with van der Waals surface area (Å²) in [7, 11) is 2.12. The van der Waals surface area contributed by atoms with E-state index in [0.29, 0.717) is 15.1 Å². The normalized spacial score (nSPS) is 12.7. The van der Waals surface area contributed by atoms with E-state index < -0.39 is 0 Å². The summed E-state index contributed by atoms with van der Waals surface area (Å²) in [5.74, 6) is 0. The lowest BCUT2D eigenvalue weighted by atomic mass is 10.2. The van der Waals surface area contributed by atoms with Crippen LogP contribution in [0.1, 0.15) is 11.3 Å². The number of rotatable bonds is 4. The second-order valence-corrected chi connectivity index (χ2v) is 6.65.